The van der Waals surface area contributed by atoms with Crippen LogP contribution in [0.2, 0.25) is 10.0 Å². The van der Waals surface area contributed by atoms with E-state index in [-0.39, 0.29) is 5.91 Å². The summed E-state index contributed by atoms with van der Waals surface area (Å²) < 4.78 is 0. The molecule has 1 aliphatic rings. The van der Waals surface area contributed by atoms with Crippen molar-refractivity contribution in [3.05, 3.63) is 58.1 Å². The van der Waals surface area contributed by atoms with E-state index in [0.29, 0.717) is 15.6 Å². The maximum atomic E-state index is 12.5. The molecule has 1 heterocycles. The monoisotopic (exact) mass is 377 g/mol. The molecule has 0 atom stereocenters. The van der Waals surface area contributed by atoms with Crippen molar-refractivity contribution < 1.29 is 4.79 Å². The van der Waals surface area contributed by atoms with E-state index in [1.54, 1.807) is 24.3 Å². The fourth-order valence-corrected chi connectivity index (χ4v) is 3.44. The summed E-state index contributed by atoms with van der Waals surface area (Å²) in [5.74, 6) is -0.174. The Bertz CT molecular complexity index is 741. The SMILES string of the molecule is CCN1CCN(c2c(Cl)cccc2NC(=O)c2ccc(Cl)cc2)CC1. The molecule has 6 heteroatoms. The van der Waals surface area contributed by atoms with Gasteiger partial charge in [-0.05, 0) is 42.9 Å². The standard InChI is InChI=1S/C19H21Cl2N3O/c1-2-23-10-12-24(13-11-23)18-16(21)4-3-5-17(18)22-19(25)14-6-8-15(20)9-7-14/h3-9H,2,10-13H2,1H3,(H,22,25). The first-order valence-electron chi connectivity index (χ1n) is 8.41. The lowest BCUT2D eigenvalue weighted by molar-refractivity contribution is 0.102. The minimum Gasteiger partial charge on any atom is -0.366 e. The van der Waals surface area contributed by atoms with Crippen molar-refractivity contribution in [2.45, 2.75) is 6.92 Å². The second kappa shape index (κ2) is 8.09. The Morgan fingerprint density at radius 3 is 2.36 bits per heavy atom. The number of likely N-dealkylation sites (N-methyl/N-ethyl adjacent to an activating group) is 1. The topological polar surface area (TPSA) is 35.6 Å². The predicted octanol–water partition coefficient (Wildman–Crippen LogP) is 4.39. The highest BCUT2D eigenvalue weighted by molar-refractivity contribution is 6.34. The third-order valence-corrected chi connectivity index (χ3v) is 5.03. The van der Waals surface area contributed by atoms with Gasteiger partial charge in [-0.15, -0.1) is 0 Å². The number of nitrogens with one attached hydrogen (secondary N) is 1. The van der Waals surface area contributed by atoms with Crippen LogP contribution in [-0.2, 0) is 0 Å². The van der Waals surface area contributed by atoms with E-state index in [4.69, 9.17) is 23.2 Å². The highest BCUT2D eigenvalue weighted by Crippen LogP contribution is 2.34. The molecule has 1 N–H and O–H groups in total. The second-order valence-corrected chi connectivity index (χ2v) is 6.86. The normalized spacial score (nSPS) is 15.2. The first-order chi connectivity index (χ1) is 12.1. The maximum Gasteiger partial charge on any atom is 0.255 e. The van der Waals surface area contributed by atoms with E-state index in [0.717, 1.165) is 44.1 Å². The number of halogens is 2. The predicted molar refractivity (Wildman–Crippen MR) is 105 cm³/mol. The molecule has 4 nitrogen and oxygen atoms in total. The highest BCUT2D eigenvalue weighted by atomic mass is 35.5. The third kappa shape index (κ3) is 4.27. The molecule has 1 amide bonds. The first kappa shape index (κ1) is 18.1. The van der Waals surface area contributed by atoms with Crippen LogP contribution in [0, 0.1) is 0 Å². The largest absolute Gasteiger partial charge is 0.366 e. The van der Waals surface area contributed by atoms with Gasteiger partial charge >= 0.3 is 0 Å². The molecule has 1 fully saturated rings. The Balaban J connectivity index is 1.81. The minimum absolute atomic E-state index is 0.174. The van der Waals surface area contributed by atoms with Crippen molar-refractivity contribution in [3.63, 3.8) is 0 Å². The van der Waals surface area contributed by atoms with Crippen LogP contribution < -0.4 is 10.2 Å². The molecule has 2 aromatic rings. The molecule has 0 aromatic heterocycles. The fourth-order valence-electron chi connectivity index (χ4n) is 3.02. The number of hydrogen-bond acceptors (Lipinski definition) is 3. The van der Waals surface area contributed by atoms with Crippen LogP contribution in [0.3, 0.4) is 0 Å². The number of hydrogen-bond donors (Lipinski definition) is 1. The number of nitrogens with zero attached hydrogens (tertiary/aromatic N) is 2. The van der Waals surface area contributed by atoms with Crippen molar-refractivity contribution in [3.8, 4) is 0 Å². The van der Waals surface area contributed by atoms with Crippen LogP contribution in [0.5, 0.6) is 0 Å². The van der Waals surface area contributed by atoms with E-state index in [1.807, 2.05) is 18.2 Å². The molecule has 0 bridgehead atoms. The van der Waals surface area contributed by atoms with E-state index < -0.39 is 0 Å². The van der Waals surface area contributed by atoms with Crippen molar-refractivity contribution >= 4 is 40.5 Å². The zero-order valence-electron chi connectivity index (χ0n) is 14.1. The smallest absolute Gasteiger partial charge is 0.255 e. The number of piperazine rings is 1. The Morgan fingerprint density at radius 1 is 1.04 bits per heavy atom. The summed E-state index contributed by atoms with van der Waals surface area (Å²) in [6.45, 7) is 6.99. The van der Waals surface area contributed by atoms with E-state index in [1.165, 1.54) is 0 Å². The zero-order valence-corrected chi connectivity index (χ0v) is 15.6. The molecular formula is C19H21Cl2N3O. The van der Waals surface area contributed by atoms with Crippen LogP contribution in [-0.4, -0.2) is 43.5 Å². The van der Waals surface area contributed by atoms with Gasteiger partial charge in [0.25, 0.3) is 5.91 Å². The van der Waals surface area contributed by atoms with Crippen LogP contribution in [0.25, 0.3) is 0 Å². The average Bonchev–Trinajstić information content (AvgIpc) is 2.62. The number of amides is 1. The number of carbonyl (C=O) groups excluding carboxylic acids is 1. The highest BCUT2D eigenvalue weighted by Gasteiger charge is 2.21. The van der Waals surface area contributed by atoms with Crippen LogP contribution >= 0.6 is 23.2 Å². The molecule has 3 rings (SSSR count). The van der Waals surface area contributed by atoms with Crippen molar-refractivity contribution in [1.82, 2.24) is 4.90 Å². The van der Waals surface area contributed by atoms with Gasteiger partial charge in [0.1, 0.15) is 0 Å². The van der Waals surface area contributed by atoms with Crippen LogP contribution in [0.1, 0.15) is 17.3 Å². The van der Waals surface area contributed by atoms with E-state index in [9.17, 15) is 4.79 Å². The minimum atomic E-state index is -0.174. The molecule has 0 aliphatic carbocycles. The van der Waals surface area contributed by atoms with Crippen LogP contribution in [0.4, 0.5) is 11.4 Å². The summed E-state index contributed by atoms with van der Waals surface area (Å²) in [6, 6.07) is 12.4. The Morgan fingerprint density at radius 2 is 1.72 bits per heavy atom. The average molecular weight is 378 g/mol. The molecule has 25 heavy (non-hydrogen) atoms. The van der Waals surface area contributed by atoms with Gasteiger partial charge in [0.15, 0.2) is 0 Å². The van der Waals surface area contributed by atoms with Crippen molar-refractivity contribution in [2.75, 3.05) is 42.9 Å². The van der Waals surface area contributed by atoms with Gasteiger partial charge in [-0.25, -0.2) is 0 Å². The zero-order chi connectivity index (χ0) is 17.8. The van der Waals surface area contributed by atoms with Crippen LogP contribution in [0.15, 0.2) is 42.5 Å². The molecule has 132 valence electrons. The lowest BCUT2D eigenvalue weighted by Crippen LogP contribution is -2.46. The molecule has 0 radical (unpaired) electrons. The third-order valence-electron chi connectivity index (χ3n) is 4.48. The number of para-hydroxylation sites is 1. The maximum absolute atomic E-state index is 12.5. The van der Waals surface area contributed by atoms with Crippen molar-refractivity contribution in [1.29, 1.82) is 0 Å². The number of carbonyl (C=O) groups is 1. The van der Waals surface area contributed by atoms with Crippen molar-refractivity contribution in [2.24, 2.45) is 0 Å². The molecule has 1 saturated heterocycles. The summed E-state index contributed by atoms with van der Waals surface area (Å²) >= 11 is 12.3. The lowest BCUT2D eigenvalue weighted by atomic mass is 10.1. The van der Waals surface area contributed by atoms with Gasteiger partial charge in [-0.2, -0.15) is 0 Å². The number of anilines is 2. The first-order valence-corrected chi connectivity index (χ1v) is 9.17. The fraction of sp³-hybridized carbons (Fsp3) is 0.316. The lowest BCUT2D eigenvalue weighted by Gasteiger charge is -2.36. The summed E-state index contributed by atoms with van der Waals surface area (Å²) in [5, 5.41) is 4.24. The molecule has 1 aliphatic heterocycles. The van der Waals surface area contributed by atoms with Gasteiger partial charge in [0.2, 0.25) is 0 Å². The summed E-state index contributed by atoms with van der Waals surface area (Å²) in [5.41, 5.74) is 2.19. The number of rotatable bonds is 4. The van der Waals surface area contributed by atoms with Gasteiger partial charge < -0.3 is 15.1 Å². The molecule has 0 saturated carbocycles. The summed E-state index contributed by atoms with van der Waals surface area (Å²) in [6.07, 6.45) is 0. The quantitative estimate of drug-likeness (QED) is 0.857. The summed E-state index contributed by atoms with van der Waals surface area (Å²) in [7, 11) is 0. The number of benzene rings is 2. The van der Waals surface area contributed by atoms with E-state index in [2.05, 4.69) is 22.0 Å². The van der Waals surface area contributed by atoms with Gasteiger partial charge in [-0.3, -0.25) is 4.79 Å². The molecule has 2 aromatic carbocycles. The van der Waals surface area contributed by atoms with Gasteiger partial charge in [-0.1, -0.05) is 36.2 Å². The van der Waals surface area contributed by atoms with Gasteiger partial charge in [0, 0.05) is 36.8 Å². The van der Waals surface area contributed by atoms with E-state index >= 15 is 0 Å². The molecule has 0 spiro atoms. The molecular weight excluding hydrogens is 357 g/mol. The Labute approximate surface area is 158 Å². The summed E-state index contributed by atoms with van der Waals surface area (Å²) in [4.78, 5) is 17.2. The Hall–Kier alpha value is -1.75. The molecule has 0 unspecified atom stereocenters. The second-order valence-electron chi connectivity index (χ2n) is 6.02. The Kier molecular flexibility index (Phi) is 5.84. The van der Waals surface area contributed by atoms with Gasteiger partial charge in [0.05, 0.1) is 16.4 Å².